The molecule has 0 aliphatic heterocycles. The van der Waals surface area contributed by atoms with Crippen LogP contribution in [0.25, 0.3) is 0 Å². The highest BCUT2D eigenvalue weighted by Gasteiger charge is 2.25. The van der Waals surface area contributed by atoms with E-state index in [2.05, 4.69) is 5.32 Å². The molecule has 0 bridgehead atoms. The smallest absolute Gasteiger partial charge is 0.389 e. The zero-order chi connectivity index (χ0) is 13.1. The van der Waals surface area contributed by atoms with Gasteiger partial charge in [0.05, 0.1) is 15.6 Å². The number of carbonyl (C=O) groups excluding carboxylic acids is 1. The molecule has 3 nitrogen and oxygen atoms in total. The summed E-state index contributed by atoms with van der Waals surface area (Å²) in [7, 11) is 0. The minimum Gasteiger partial charge on any atom is -0.397 e. The van der Waals surface area contributed by atoms with Gasteiger partial charge in [-0.1, -0.05) is 0 Å². The molecule has 0 saturated heterocycles. The summed E-state index contributed by atoms with van der Waals surface area (Å²) in [6, 6.07) is 1.56. The van der Waals surface area contributed by atoms with Crippen LogP contribution in [-0.4, -0.2) is 18.5 Å². The zero-order valence-electron chi connectivity index (χ0n) is 9.23. The fourth-order valence-electron chi connectivity index (χ4n) is 1.27. The first-order valence-corrected chi connectivity index (χ1v) is 5.82. The van der Waals surface area contributed by atoms with E-state index in [0.29, 0.717) is 15.6 Å². The summed E-state index contributed by atoms with van der Waals surface area (Å²) in [5, 5.41) is 3.44. The number of halogens is 3. The molecule has 0 aliphatic carbocycles. The summed E-state index contributed by atoms with van der Waals surface area (Å²) in [4.78, 5) is 11.5. The van der Waals surface area contributed by atoms with Crippen LogP contribution in [0.15, 0.2) is 6.07 Å². The van der Waals surface area contributed by atoms with Gasteiger partial charge < -0.3 is 11.1 Å². The number of thiophene rings is 1. The largest absolute Gasteiger partial charge is 0.397 e. The van der Waals surface area contributed by atoms with E-state index in [1.807, 2.05) is 0 Å². The minimum absolute atomic E-state index is 0.00326. The number of hydrogen-bond donors (Lipinski definition) is 2. The van der Waals surface area contributed by atoms with Crippen LogP contribution in [0.2, 0.25) is 0 Å². The fourth-order valence-corrected chi connectivity index (χ4v) is 2.17. The van der Waals surface area contributed by atoms with Crippen molar-refractivity contribution in [2.75, 3.05) is 17.6 Å². The molecule has 0 amide bonds. The van der Waals surface area contributed by atoms with Gasteiger partial charge in [0.15, 0.2) is 5.78 Å². The second-order valence-corrected chi connectivity index (χ2v) is 4.65. The van der Waals surface area contributed by atoms with E-state index in [1.165, 1.54) is 6.92 Å². The molecule has 0 fully saturated rings. The summed E-state index contributed by atoms with van der Waals surface area (Å²) in [5.41, 5.74) is 5.95. The van der Waals surface area contributed by atoms with Crippen molar-refractivity contribution < 1.29 is 18.0 Å². The summed E-state index contributed by atoms with van der Waals surface area (Å²) < 4.78 is 35.6. The lowest BCUT2D eigenvalue weighted by Crippen LogP contribution is -2.10. The van der Waals surface area contributed by atoms with Gasteiger partial charge >= 0.3 is 6.18 Å². The molecular weight excluding hydrogens is 253 g/mol. The van der Waals surface area contributed by atoms with E-state index < -0.39 is 12.6 Å². The van der Waals surface area contributed by atoms with Crippen LogP contribution < -0.4 is 11.1 Å². The predicted molar refractivity (Wildman–Crippen MR) is 62.5 cm³/mol. The molecule has 1 heterocycles. The normalized spacial score (nSPS) is 11.5. The summed E-state index contributed by atoms with van der Waals surface area (Å²) >= 11 is 1.16. The number of nitrogens with two attached hydrogens (primary N) is 1. The molecule has 1 aromatic heterocycles. The fraction of sp³-hybridized carbons (Fsp3) is 0.500. The molecule has 17 heavy (non-hydrogen) atoms. The Labute approximate surface area is 101 Å². The molecule has 0 aromatic carbocycles. The Kier molecular flexibility index (Phi) is 4.39. The lowest BCUT2D eigenvalue weighted by Gasteiger charge is -2.06. The third kappa shape index (κ3) is 4.64. The van der Waals surface area contributed by atoms with Gasteiger partial charge in [-0.2, -0.15) is 13.2 Å². The van der Waals surface area contributed by atoms with Crippen molar-refractivity contribution in [3.63, 3.8) is 0 Å². The second-order valence-electron chi connectivity index (χ2n) is 3.60. The van der Waals surface area contributed by atoms with E-state index in [4.69, 9.17) is 5.73 Å². The number of carbonyl (C=O) groups is 1. The lowest BCUT2D eigenvalue weighted by molar-refractivity contribution is -0.134. The first-order chi connectivity index (χ1) is 7.79. The van der Waals surface area contributed by atoms with Crippen molar-refractivity contribution in [2.45, 2.75) is 25.9 Å². The van der Waals surface area contributed by atoms with Crippen LogP contribution >= 0.6 is 11.3 Å². The number of nitrogen functional groups attached to an aromatic ring is 1. The van der Waals surface area contributed by atoms with Gasteiger partial charge in [-0.15, -0.1) is 11.3 Å². The van der Waals surface area contributed by atoms with E-state index in [9.17, 15) is 18.0 Å². The van der Waals surface area contributed by atoms with Gasteiger partial charge in [-0.3, -0.25) is 4.79 Å². The Hall–Kier alpha value is -1.24. The number of alkyl halides is 3. The number of rotatable bonds is 5. The molecule has 1 rings (SSSR count). The quantitative estimate of drug-likeness (QED) is 0.635. The van der Waals surface area contributed by atoms with Crippen molar-refractivity contribution in [3.8, 4) is 0 Å². The van der Waals surface area contributed by atoms with Crippen LogP contribution in [0.3, 0.4) is 0 Å². The van der Waals surface area contributed by atoms with Crippen molar-refractivity contribution >= 4 is 27.8 Å². The SMILES string of the molecule is CC(=O)c1sc(NCCCC(F)(F)F)cc1N. The first-order valence-electron chi connectivity index (χ1n) is 5.00. The van der Waals surface area contributed by atoms with Gasteiger partial charge in [0.1, 0.15) is 0 Å². The molecule has 0 atom stereocenters. The molecule has 0 aliphatic rings. The van der Waals surface area contributed by atoms with Crippen LogP contribution in [0, 0.1) is 0 Å². The average molecular weight is 266 g/mol. The number of ketones is 1. The van der Waals surface area contributed by atoms with Crippen LogP contribution in [-0.2, 0) is 0 Å². The molecule has 0 saturated carbocycles. The second kappa shape index (κ2) is 5.39. The van der Waals surface area contributed by atoms with Crippen molar-refractivity contribution in [1.82, 2.24) is 0 Å². The monoisotopic (exact) mass is 266 g/mol. The highest BCUT2D eigenvalue weighted by molar-refractivity contribution is 7.18. The standard InChI is InChI=1S/C10H13F3N2OS/c1-6(16)9-7(14)5-8(17-9)15-4-2-3-10(11,12)13/h5,15H,2-4,14H2,1H3. The van der Waals surface area contributed by atoms with Gasteiger partial charge in [0.25, 0.3) is 0 Å². The van der Waals surface area contributed by atoms with Gasteiger partial charge in [-0.05, 0) is 12.5 Å². The molecule has 96 valence electrons. The molecule has 3 N–H and O–H groups in total. The Morgan fingerprint density at radius 1 is 1.53 bits per heavy atom. The zero-order valence-corrected chi connectivity index (χ0v) is 10.0. The number of Topliss-reactive ketones (excluding diaryl/α,β-unsaturated/α-hetero) is 1. The Bertz CT molecular complexity index is 401. The molecular formula is C10H13F3N2OS. The molecule has 0 radical (unpaired) electrons. The molecule has 7 heteroatoms. The minimum atomic E-state index is -4.12. The predicted octanol–water partition coefficient (Wildman–Crippen LogP) is 3.29. The highest BCUT2D eigenvalue weighted by Crippen LogP contribution is 2.29. The highest BCUT2D eigenvalue weighted by atomic mass is 32.1. The third-order valence-corrected chi connectivity index (χ3v) is 3.23. The summed E-state index contributed by atoms with van der Waals surface area (Å²) in [5.74, 6) is -0.143. The van der Waals surface area contributed by atoms with Gasteiger partial charge in [-0.25, -0.2) is 0 Å². The number of nitrogens with one attached hydrogen (secondary N) is 1. The third-order valence-electron chi connectivity index (χ3n) is 2.02. The van der Waals surface area contributed by atoms with Crippen LogP contribution in [0.5, 0.6) is 0 Å². The van der Waals surface area contributed by atoms with Crippen molar-refractivity contribution in [2.24, 2.45) is 0 Å². The summed E-state index contributed by atoms with van der Waals surface area (Å²) in [6.07, 6.45) is -4.95. The first kappa shape index (κ1) is 13.8. The maximum Gasteiger partial charge on any atom is 0.389 e. The van der Waals surface area contributed by atoms with Crippen LogP contribution in [0.1, 0.15) is 29.4 Å². The number of hydrogen-bond acceptors (Lipinski definition) is 4. The molecule has 0 spiro atoms. The Balaban J connectivity index is 2.43. The maximum absolute atomic E-state index is 11.9. The Morgan fingerprint density at radius 3 is 2.65 bits per heavy atom. The lowest BCUT2D eigenvalue weighted by atomic mass is 10.3. The van der Waals surface area contributed by atoms with Gasteiger partial charge in [0.2, 0.25) is 0 Å². The Morgan fingerprint density at radius 2 is 2.18 bits per heavy atom. The van der Waals surface area contributed by atoms with E-state index in [0.717, 1.165) is 11.3 Å². The average Bonchev–Trinajstić information content (AvgIpc) is 2.53. The summed E-state index contributed by atoms with van der Waals surface area (Å²) in [6.45, 7) is 1.60. The van der Waals surface area contributed by atoms with Crippen LogP contribution in [0.4, 0.5) is 23.9 Å². The van der Waals surface area contributed by atoms with E-state index in [1.54, 1.807) is 6.07 Å². The topological polar surface area (TPSA) is 55.1 Å². The van der Waals surface area contributed by atoms with Gasteiger partial charge in [0, 0.05) is 19.9 Å². The van der Waals surface area contributed by atoms with E-state index >= 15 is 0 Å². The molecule has 1 aromatic rings. The van der Waals surface area contributed by atoms with Crippen molar-refractivity contribution in [1.29, 1.82) is 0 Å². The van der Waals surface area contributed by atoms with Crippen molar-refractivity contribution in [3.05, 3.63) is 10.9 Å². The van der Waals surface area contributed by atoms with E-state index in [-0.39, 0.29) is 18.7 Å². The molecule has 0 unspecified atom stereocenters. The number of anilines is 2. The maximum atomic E-state index is 11.9.